The number of benzene rings is 1. The maximum absolute atomic E-state index is 11.9. The van der Waals surface area contributed by atoms with Crippen molar-refractivity contribution in [3.05, 3.63) is 23.8 Å². The van der Waals surface area contributed by atoms with E-state index < -0.39 is 0 Å². The van der Waals surface area contributed by atoms with Gasteiger partial charge in [-0.3, -0.25) is 4.79 Å². The van der Waals surface area contributed by atoms with E-state index in [1.807, 2.05) is 6.07 Å². The molecular formula is C19H33N3O3+2. The summed E-state index contributed by atoms with van der Waals surface area (Å²) in [6.07, 6.45) is 2.18. The minimum absolute atomic E-state index is 0.187. The van der Waals surface area contributed by atoms with E-state index in [0.717, 1.165) is 63.6 Å². The van der Waals surface area contributed by atoms with E-state index in [-0.39, 0.29) is 5.91 Å². The quantitative estimate of drug-likeness (QED) is 0.495. The molecule has 1 amide bonds. The van der Waals surface area contributed by atoms with Gasteiger partial charge in [0.2, 0.25) is 0 Å². The lowest BCUT2D eigenvalue weighted by Gasteiger charge is -2.29. The van der Waals surface area contributed by atoms with Gasteiger partial charge in [-0.25, -0.2) is 0 Å². The molecule has 2 rings (SSSR count). The molecule has 25 heavy (non-hydrogen) atoms. The number of amides is 1. The van der Waals surface area contributed by atoms with E-state index in [2.05, 4.69) is 24.4 Å². The minimum Gasteiger partial charge on any atom is -0.493 e. The zero-order valence-corrected chi connectivity index (χ0v) is 15.8. The molecular weight excluding hydrogens is 318 g/mol. The highest BCUT2D eigenvalue weighted by Gasteiger charge is 2.25. The van der Waals surface area contributed by atoms with Gasteiger partial charge >= 0.3 is 0 Å². The number of piperazine rings is 1. The summed E-state index contributed by atoms with van der Waals surface area (Å²) in [6.45, 7) is 8.80. The summed E-state index contributed by atoms with van der Waals surface area (Å²) in [6, 6.07) is 6.14. The molecule has 0 aromatic heterocycles. The van der Waals surface area contributed by atoms with Gasteiger partial charge in [-0.15, -0.1) is 0 Å². The van der Waals surface area contributed by atoms with Crippen LogP contribution in [0.15, 0.2) is 18.2 Å². The van der Waals surface area contributed by atoms with Crippen LogP contribution in [0.25, 0.3) is 0 Å². The first kappa shape index (κ1) is 19.5. The van der Waals surface area contributed by atoms with Crippen LogP contribution in [-0.2, 0) is 11.3 Å². The predicted molar refractivity (Wildman–Crippen MR) is 97.4 cm³/mol. The number of methoxy groups -OCH3 is 2. The second-order valence-corrected chi connectivity index (χ2v) is 6.75. The number of hydrogen-bond donors (Lipinski definition) is 3. The van der Waals surface area contributed by atoms with Gasteiger partial charge < -0.3 is 24.6 Å². The van der Waals surface area contributed by atoms with Crippen LogP contribution in [0.3, 0.4) is 0 Å². The number of carbonyl (C=O) groups excluding carboxylic acids is 1. The number of quaternary nitrogens is 2. The van der Waals surface area contributed by atoms with Gasteiger partial charge in [0.1, 0.15) is 32.7 Å². The molecule has 0 aliphatic carbocycles. The summed E-state index contributed by atoms with van der Waals surface area (Å²) < 4.78 is 10.7. The average molecular weight is 351 g/mol. The number of rotatable bonds is 9. The molecule has 0 unspecified atom stereocenters. The maximum Gasteiger partial charge on any atom is 0.275 e. The molecule has 6 heteroatoms. The fourth-order valence-corrected chi connectivity index (χ4v) is 3.28. The summed E-state index contributed by atoms with van der Waals surface area (Å²) in [5.41, 5.74) is 1.26. The topological polar surface area (TPSA) is 56.4 Å². The summed E-state index contributed by atoms with van der Waals surface area (Å²) in [4.78, 5) is 14.9. The first-order chi connectivity index (χ1) is 12.2. The van der Waals surface area contributed by atoms with Crippen molar-refractivity contribution < 1.29 is 24.1 Å². The molecule has 0 saturated carbocycles. The fourth-order valence-electron chi connectivity index (χ4n) is 3.28. The van der Waals surface area contributed by atoms with Crippen LogP contribution >= 0.6 is 0 Å². The minimum atomic E-state index is 0.187. The second kappa shape index (κ2) is 10.3. The summed E-state index contributed by atoms with van der Waals surface area (Å²) >= 11 is 0. The van der Waals surface area contributed by atoms with Crippen molar-refractivity contribution in [3.8, 4) is 11.5 Å². The maximum atomic E-state index is 11.9. The van der Waals surface area contributed by atoms with Crippen molar-refractivity contribution >= 4 is 5.91 Å². The van der Waals surface area contributed by atoms with Crippen LogP contribution in [-0.4, -0.2) is 59.4 Å². The van der Waals surface area contributed by atoms with Crippen LogP contribution in [0.4, 0.5) is 0 Å². The van der Waals surface area contributed by atoms with Crippen molar-refractivity contribution in [1.82, 2.24) is 5.32 Å². The number of hydrogen-bond acceptors (Lipinski definition) is 3. The average Bonchev–Trinajstić information content (AvgIpc) is 2.63. The van der Waals surface area contributed by atoms with E-state index in [9.17, 15) is 4.79 Å². The van der Waals surface area contributed by atoms with E-state index in [1.165, 1.54) is 10.5 Å². The zero-order valence-electron chi connectivity index (χ0n) is 15.8. The Bertz CT molecular complexity index is 543. The Labute approximate surface area is 151 Å². The monoisotopic (exact) mass is 351 g/mol. The van der Waals surface area contributed by atoms with E-state index in [1.54, 1.807) is 19.1 Å². The van der Waals surface area contributed by atoms with E-state index >= 15 is 0 Å². The molecule has 3 N–H and O–H groups in total. The van der Waals surface area contributed by atoms with E-state index in [0.29, 0.717) is 6.54 Å². The van der Waals surface area contributed by atoms with Crippen LogP contribution in [0.5, 0.6) is 11.5 Å². The molecule has 1 aliphatic rings. The van der Waals surface area contributed by atoms with Gasteiger partial charge in [0.25, 0.3) is 5.91 Å². The Morgan fingerprint density at radius 1 is 1.08 bits per heavy atom. The zero-order chi connectivity index (χ0) is 18.1. The Balaban J connectivity index is 1.76. The number of unbranched alkanes of at least 4 members (excludes halogenated alkanes) is 1. The second-order valence-electron chi connectivity index (χ2n) is 6.75. The molecule has 1 aromatic carbocycles. The number of carbonyl (C=O) groups is 1. The molecule has 0 radical (unpaired) electrons. The summed E-state index contributed by atoms with van der Waals surface area (Å²) in [7, 11) is 3.32. The Morgan fingerprint density at radius 2 is 1.76 bits per heavy atom. The SMILES string of the molecule is CCCCNC(=O)C[NH+]1CC[NH+](Cc2ccc(OC)c(OC)c2)CC1. The molecule has 140 valence electrons. The van der Waals surface area contributed by atoms with Gasteiger partial charge in [0, 0.05) is 12.1 Å². The smallest absolute Gasteiger partial charge is 0.275 e. The van der Waals surface area contributed by atoms with Crippen LogP contribution in [0.1, 0.15) is 25.3 Å². The first-order valence-corrected chi connectivity index (χ1v) is 9.31. The standard InChI is InChI=1S/C19H31N3O3/c1-4-5-8-20-19(23)15-22-11-9-21(10-12-22)14-16-6-7-17(24-2)18(13-16)25-3/h6-7,13H,4-5,8-12,14-15H2,1-3H3,(H,20,23)/p+2. The van der Waals surface area contributed by atoms with Crippen LogP contribution in [0, 0.1) is 0 Å². The third-order valence-electron chi connectivity index (χ3n) is 4.83. The summed E-state index contributed by atoms with van der Waals surface area (Å²) in [5, 5.41) is 3.01. The van der Waals surface area contributed by atoms with Gasteiger partial charge in [-0.2, -0.15) is 0 Å². The highest BCUT2D eigenvalue weighted by molar-refractivity contribution is 5.76. The molecule has 1 saturated heterocycles. The van der Waals surface area contributed by atoms with Crippen LogP contribution in [0.2, 0.25) is 0 Å². The van der Waals surface area contributed by atoms with E-state index in [4.69, 9.17) is 9.47 Å². The van der Waals surface area contributed by atoms with Gasteiger partial charge in [-0.05, 0) is 24.6 Å². The molecule has 1 aliphatic heterocycles. The molecule has 1 aromatic rings. The Kier molecular flexibility index (Phi) is 8.01. The normalized spacial score (nSPS) is 20.1. The lowest BCUT2D eigenvalue weighted by atomic mass is 10.1. The van der Waals surface area contributed by atoms with Crippen molar-refractivity contribution in [2.45, 2.75) is 26.3 Å². The van der Waals surface area contributed by atoms with Gasteiger partial charge in [-0.1, -0.05) is 13.3 Å². The van der Waals surface area contributed by atoms with Gasteiger partial charge in [0.05, 0.1) is 14.2 Å². The molecule has 0 bridgehead atoms. The molecule has 1 heterocycles. The highest BCUT2D eigenvalue weighted by atomic mass is 16.5. The molecule has 0 spiro atoms. The fraction of sp³-hybridized carbons (Fsp3) is 0.632. The third-order valence-corrected chi connectivity index (χ3v) is 4.83. The number of nitrogens with one attached hydrogen (secondary N) is 3. The lowest BCUT2D eigenvalue weighted by Crippen LogP contribution is -3.28. The van der Waals surface area contributed by atoms with Crippen molar-refractivity contribution in [1.29, 1.82) is 0 Å². The predicted octanol–water partition coefficient (Wildman–Crippen LogP) is -1.10. The Hall–Kier alpha value is -1.79. The van der Waals surface area contributed by atoms with Crippen LogP contribution < -0.4 is 24.6 Å². The number of ether oxygens (including phenoxy) is 2. The summed E-state index contributed by atoms with van der Waals surface area (Å²) in [5.74, 6) is 1.74. The molecule has 1 fully saturated rings. The Morgan fingerprint density at radius 3 is 2.40 bits per heavy atom. The van der Waals surface area contributed by atoms with Crippen molar-refractivity contribution in [2.75, 3.05) is 53.5 Å². The van der Waals surface area contributed by atoms with Gasteiger partial charge in [0.15, 0.2) is 18.0 Å². The molecule has 0 atom stereocenters. The molecule has 6 nitrogen and oxygen atoms in total. The lowest BCUT2D eigenvalue weighted by molar-refractivity contribution is -1.02. The highest BCUT2D eigenvalue weighted by Crippen LogP contribution is 2.27. The first-order valence-electron chi connectivity index (χ1n) is 9.31. The third kappa shape index (κ3) is 6.21. The van der Waals surface area contributed by atoms with Crippen molar-refractivity contribution in [2.24, 2.45) is 0 Å². The van der Waals surface area contributed by atoms with Crippen molar-refractivity contribution in [3.63, 3.8) is 0 Å². The largest absolute Gasteiger partial charge is 0.493 e.